The first-order valence-corrected chi connectivity index (χ1v) is 10.0. The highest BCUT2D eigenvalue weighted by molar-refractivity contribution is 5.96. The molecule has 2 aliphatic rings. The van der Waals surface area contributed by atoms with Crippen LogP contribution < -0.4 is 15.8 Å². The summed E-state index contributed by atoms with van der Waals surface area (Å²) in [5.74, 6) is 1.40. The van der Waals surface area contributed by atoms with Gasteiger partial charge in [0.15, 0.2) is 0 Å². The van der Waals surface area contributed by atoms with Crippen molar-refractivity contribution >= 4 is 17.5 Å². The summed E-state index contributed by atoms with van der Waals surface area (Å²) in [5.41, 5.74) is 6.97. The minimum atomic E-state index is -0.206. The molecule has 0 spiro atoms. The molecule has 0 saturated heterocycles. The topological polar surface area (TPSA) is 84.7 Å². The second-order valence-electron chi connectivity index (χ2n) is 7.80. The molecule has 3 rings (SSSR count). The fourth-order valence-corrected chi connectivity index (χ4v) is 4.71. The highest BCUT2D eigenvalue weighted by Crippen LogP contribution is 2.42. The summed E-state index contributed by atoms with van der Waals surface area (Å²) in [6, 6.07) is 7.51. The van der Waals surface area contributed by atoms with Crippen LogP contribution >= 0.6 is 0 Å². The monoisotopic (exact) mass is 373 g/mol. The number of nitrogens with one attached hydrogen (secondary N) is 1. The van der Waals surface area contributed by atoms with Crippen LogP contribution in [0.15, 0.2) is 24.3 Å². The first-order chi connectivity index (χ1) is 13.0. The second kappa shape index (κ2) is 8.74. The number of amides is 2. The number of carbonyl (C=O) groups is 2. The van der Waals surface area contributed by atoms with E-state index in [4.69, 9.17) is 10.5 Å². The summed E-state index contributed by atoms with van der Waals surface area (Å²) in [5, 5.41) is 2.85. The Hall–Kier alpha value is -2.08. The number of ether oxygens (including phenoxy) is 1. The van der Waals surface area contributed by atoms with E-state index in [-0.39, 0.29) is 30.3 Å². The fourth-order valence-electron chi connectivity index (χ4n) is 4.71. The van der Waals surface area contributed by atoms with E-state index in [1.54, 1.807) is 24.1 Å². The van der Waals surface area contributed by atoms with Gasteiger partial charge in [0.05, 0.1) is 19.3 Å². The van der Waals surface area contributed by atoms with E-state index >= 15 is 0 Å². The van der Waals surface area contributed by atoms with Crippen molar-refractivity contribution in [2.75, 3.05) is 25.5 Å². The van der Waals surface area contributed by atoms with Crippen LogP contribution in [0.4, 0.5) is 5.69 Å². The average Bonchev–Trinajstić information content (AvgIpc) is 2.65. The Balaban J connectivity index is 1.61. The number of methoxy groups -OCH3 is 1. The predicted molar refractivity (Wildman–Crippen MR) is 105 cm³/mol. The minimum absolute atomic E-state index is 0.000823. The molecule has 2 bridgehead atoms. The number of nitrogens with two attached hydrogens (primary N) is 1. The Morgan fingerprint density at radius 1 is 1.22 bits per heavy atom. The van der Waals surface area contributed by atoms with Crippen molar-refractivity contribution in [2.24, 2.45) is 23.5 Å². The number of benzene rings is 1. The van der Waals surface area contributed by atoms with E-state index in [9.17, 15) is 9.59 Å². The molecule has 2 amide bonds. The third-order valence-corrected chi connectivity index (χ3v) is 6.17. The Morgan fingerprint density at radius 3 is 2.52 bits per heavy atom. The van der Waals surface area contributed by atoms with Crippen LogP contribution in [0, 0.1) is 17.8 Å². The molecule has 6 heteroatoms. The lowest BCUT2D eigenvalue weighted by atomic mass is 9.65. The molecule has 1 aromatic carbocycles. The van der Waals surface area contributed by atoms with Crippen molar-refractivity contribution in [1.29, 1.82) is 0 Å². The van der Waals surface area contributed by atoms with Gasteiger partial charge in [-0.15, -0.1) is 0 Å². The highest BCUT2D eigenvalue weighted by Gasteiger charge is 2.41. The first-order valence-electron chi connectivity index (χ1n) is 10.0. The smallest absolute Gasteiger partial charge is 0.244 e. The van der Waals surface area contributed by atoms with Gasteiger partial charge >= 0.3 is 0 Å². The zero-order chi connectivity index (χ0) is 19.4. The predicted octanol–water partition coefficient (Wildman–Crippen LogP) is 2.64. The summed E-state index contributed by atoms with van der Waals surface area (Å²) in [6.45, 7) is 2.50. The Bertz CT molecular complexity index is 664. The van der Waals surface area contributed by atoms with Crippen LogP contribution in [0.2, 0.25) is 0 Å². The molecular formula is C21H31N3O3. The minimum Gasteiger partial charge on any atom is -0.495 e. The first kappa shape index (κ1) is 19.7. The Labute approximate surface area is 161 Å². The molecule has 27 heavy (non-hydrogen) atoms. The molecule has 1 aromatic rings. The van der Waals surface area contributed by atoms with Crippen LogP contribution in [0.3, 0.4) is 0 Å². The molecule has 0 radical (unpaired) electrons. The summed E-state index contributed by atoms with van der Waals surface area (Å²) in [4.78, 5) is 27.2. The van der Waals surface area contributed by atoms with Crippen molar-refractivity contribution in [3.63, 3.8) is 0 Å². The van der Waals surface area contributed by atoms with Crippen molar-refractivity contribution in [3.05, 3.63) is 24.3 Å². The van der Waals surface area contributed by atoms with Crippen LogP contribution in [0.25, 0.3) is 0 Å². The van der Waals surface area contributed by atoms with Crippen LogP contribution in [0.5, 0.6) is 5.75 Å². The van der Waals surface area contributed by atoms with Gasteiger partial charge in [-0.3, -0.25) is 9.59 Å². The van der Waals surface area contributed by atoms with Gasteiger partial charge in [0, 0.05) is 18.5 Å². The summed E-state index contributed by atoms with van der Waals surface area (Å²) < 4.78 is 5.27. The van der Waals surface area contributed by atoms with Gasteiger partial charge in [-0.1, -0.05) is 18.6 Å². The molecule has 2 fully saturated rings. The number of nitrogens with zero attached hydrogens (tertiary/aromatic N) is 1. The van der Waals surface area contributed by atoms with E-state index in [1.807, 2.05) is 19.1 Å². The zero-order valence-corrected chi connectivity index (χ0v) is 16.3. The maximum atomic E-state index is 13.1. The van der Waals surface area contributed by atoms with Crippen LogP contribution in [-0.4, -0.2) is 43.0 Å². The molecule has 0 aromatic heterocycles. The Morgan fingerprint density at radius 2 is 1.89 bits per heavy atom. The van der Waals surface area contributed by atoms with Crippen molar-refractivity contribution < 1.29 is 14.3 Å². The second-order valence-corrected chi connectivity index (χ2v) is 7.80. The molecule has 0 heterocycles. The van der Waals surface area contributed by atoms with E-state index in [1.165, 1.54) is 6.42 Å². The molecular weight excluding hydrogens is 342 g/mol. The van der Waals surface area contributed by atoms with Gasteiger partial charge in [-0.05, 0) is 56.6 Å². The molecule has 2 saturated carbocycles. The number of rotatable bonds is 6. The van der Waals surface area contributed by atoms with Crippen LogP contribution in [-0.2, 0) is 9.59 Å². The lowest BCUT2D eigenvalue weighted by Gasteiger charge is -2.44. The third-order valence-electron chi connectivity index (χ3n) is 6.17. The summed E-state index contributed by atoms with van der Waals surface area (Å²) >= 11 is 0. The zero-order valence-electron chi connectivity index (χ0n) is 16.3. The fraction of sp³-hybridized carbons (Fsp3) is 0.619. The molecule has 0 aliphatic heterocycles. The number of likely N-dealkylation sites (N-methyl/N-ethyl adjacent to an activating group) is 1. The highest BCUT2D eigenvalue weighted by atomic mass is 16.5. The molecule has 2 unspecified atom stereocenters. The molecule has 6 nitrogen and oxygen atoms in total. The van der Waals surface area contributed by atoms with E-state index in [2.05, 4.69) is 5.32 Å². The lowest BCUT2D eigenvalue weighted by Crippen LogP contribution is -2.50. The summed E-state index contributed by atoms with van der Waals surface area (Å²) in [6.07, 6.45) is 5.20. The number of hydrogen-bond acceptors (Lipinski definition) is 4. The summed E-state index contributed by atoms with van der Waals surface area (Å²) in [7, 11) is 1.57. The number of hydrogen-bond donors (Lipinski definition) is 2. The average molecular weight is 373 g/mol. The van der Waals surface area contributed by atoms with Gasteiger partial charge in [0.25, 0.3) is 0 Å². The van der Waals surface area contributed by atoms with E-state index in [0.29, 0.717) is 29.8 Å². The standard InChI is InChI=1S/C21H31N3O3/c1-3-24(13-19(25)23-17-9-4-5-10-18(17)27-2)21(26)16-11-14-7-6-8-15(12-16)20(14)22/h4-5,9-10,14-16,20H,3,6-8,11-13,22H2,1-2H3,(H,23,25). The van der Waals surface area contributed by atoms with Gasteiger partial charge in [-0.25, -0.2) is 0 Å². The van der Waals surface area contributed by atoms with Crippen LogP contribution in [0.1, 0.15) is 39.0 Å². The maximum Gasteiger partial charge on any atom is 0.244 e. The van der Waals surface area contributed by atoms with Gasteiger partial charge in [0.1, 0.15) is 5.75 Å². The number of anilines is 1. The SMILES string of the molecule is CCN(CC(=O)Nc1ccccc1OC)C(=O)C1CC2CCCC(C1)C2N. The maximum absolute atomic E-state index is 13.1. The van der Waals surface area contributed by atoms with Crippen molar-refractivity contribution in [1.82, 2.24) is 4.90 Å². The quantitative estimate of drug-likeness (QED) is 0.803. The normalized spacial score (nSPS) is 26.9. The van der Waals surface area contributed by atoms with Gasteiger partial charge in [0.2, 0.25) is 11.8 Å². The molecule has 2 atom stereocenters. The van der Waals surface area contributed by atoms with E-state index < -0.39 is 0 Å². The largest absolute Gasteiger partial charge is 0.495 e. The van der Waals surface area contributed by atoms with Gasteiger partial charge in [-0.2, -0.15) is 0 Å². The van der Waals surface area contributed by atoms with Crippen molar-refractivity contribution in [2.45, 2.75) is 45.1 Å². The van der Waals surface area contributed by atoms with E-state index in [0.717, 1.165) is 25.7 Å². The number of fused-ring (bicyclic) bond motifs is 2. The molecule has 3 N–H and O–H groups in total. The Kier molecular flexibility index (Phi) is 6.37. The lowest BCUT2D eigenvalue weighted by molar-refractivity contribution is -0.140. The number of para-hydroxylation sites is 2. The third kappa shape index (κ3) is 4.43. The number of carbonyl (C=O) groups excluding carboxylic acids is 2. The molecule has 148 valence electrons. The van der Waals surface area contributed by atoms with Gasteiger partial charge < -0.3 is 20.7 Å². The molecule has 2 aliphatic carbocycles. The van der Waals surface area contributed by atoms with Crippen molar-refractivity contribution in [3.8, 4) is 5.75 Å².